The minimum Gasteiger partial charge on any atom is -0.490 e. The lowest BCUT2D eigenvalue weighted by Gasteiger charge is -2.28. The summed E-state index contributed by atoms with van der Waals surface area (Å²) in [6.45, 7) is 7.93. The van der Waals surface area contributed by atoms with Gasteiger partial charge in [0.2, 0.25) is 0 Å². The van der Waals surface area contributed by atoms with E-state index in [4.69, 9.17) is 40.0 Å². The molecule has 3 aromatic carbocycles. The van der Waals surface area contributed by atoms with Gasteiger partial charge in [-0.05, 0) is 80.8 Å². The van der Waals surface area contributed by atoms with Crippen LogP contribution in [0, 0.1) is 0 Å². The third-order valence-electron chi connectivity index (χ3n) is 7.29. The van der Waals surface area contributed by atoms with Gasteiger partial charge in [-0.2, -0.15) is 5.10 Å². The standard InChI is InChI=1S/C36H41ClN4O10/c1-6-47-28-17-25(32-31(35(44)46-5)21(4)39-36(45)40-32)13-14-27(28)50-20-30(42)41-38-18-23-15-26(37)33(29(16-23)48-7-2)51-19-22-9-11-24(12-10-22)34(43)49-8-3/h9-18,30,32,41-42H,6-8,19-20H2,1-5H3,(H2,39,40,45)/b38-18+/t30-,32+/m1/s1. The summed E-state index contributed by atoms with van der Waals surface area (Å²) < 4.78 is 33.3. The average Bonchev–Trinajstić information content (AvgIpc) is 3.10. The number of hydrogen-bond donors (Lipinski definition) is 4. The molecule has 0 saturated carbocycles. The fraction of sp³-hybridized carbons (Fsp3) is 0.333. The first-order chi connectivity index (χ1) is 24.6. The number of allylic oxidation sites excluding steroid dienone is 1. The van der Waals surface area contributed by atoms with Crippen molar-refractivity contribution < 1.29 is 47.9 Å². The van der Waals surface area contributed by atoms with Crippen LogP contribution < -0.4 is 35.0 Å². The van der Waals surface area contributed by atoms with Crippen LogP contribution in [0.1, 0.15) is 60.8 Å². The minimum absolute atomic E-state index is 0.178. The molecule has 51 heavy (non-hydrogen) atoms. The van der Waals surface area contributed by atoms with Gasteiger partial charge in [-0.15, -0.1) is 0 Å². The van der Waals surface area contributed by atoms with E-state index in [1.165, 1.54) is 13.3 Å². The number of urea groups is 1. The van der Waals surface area contributed by atoms with Gasteiger partial charge in [0, 0.05) is 5.70 Å². The van der Waals surface area contributed by atoms with Gasteiger partial charge in [-0.1, -0.05) is 29.8 Å². The number of hydrogen-bond acceptors (Lipinski definition) is 12. The quantitative estimate of drug-likeness (QED) is 0.0637. The lowest BCUT2D eigenvalue weighted by Crippen LogP contribution is -2.45. The van der Waals surface area contributed by atoms with Crippen molar-refractivity contribution in [3.8, 4) is 23.0 Å². The van der Waals surface area contributed by atoms with Crippen molar-refractivity contribution in [1.29, 1.82) is 0 Å². The van der Waals surface area contributed by atoms with Crippen LogP contribution in [0.5, 0.6) is 23.0 Å². The smallest absolute Gasteiger partial charge is 0.338 e. The number of carbonyl (C=O) groups excluding carboxylic acids is 3. The molecule has 1 aliphatic heterocycles. The third kappa shape index (κ3) is 10.3. The van der Waals surface area contributed by atoms with Crippen molar-refractivity contribution in [2.45, 2.75) is 46.6 Å². The number of halogens is 1. The summed E-state index contributed by atoms with van der Waals surface area (Å²) in [7, 11) is 1.26. The van der Waals surface area contributed by atoms with E-state index in [9.17, 15) is 19.5 Å². The molecule has 1 heterocycles. The molecular weight excluding hydrogens is 684 g/mol. The monoisotopic (exact) mass is 724 g/mol. The molecule has 4 N–H and O–H groups in total. The minimum atomic E-state index is -1.21. The molecule has 15 heteroatoms. The van der Waals surface area contributed by atoms with Crippen molar-refractivity contribution >= 4 is 35.8 Å². The highest BCUT2D eigenvalue weighted by Gasteiger charge is 2.32. The van der Waals surface area contributed by atoms with E-state index in [1.807, 2.05) is 6.92 Å². The number of aliphatic hydroxyl groups is 1. The van der Waals surface area contributed by atoms with Gasteiger partial charge in [0.1, 0.15) is 13.2 Å². The number of aliphatic hydroxyl groups excluding tert-OH is 1. The number of nitrogens with zero attached hydrogens (tertiary/aromatic N) is 1. The predicted molar refractivity (Wildman–Crippen MR) is 188 cm³/mol. The number of rotatable bonds is 17. The second-order valence-corrected chi connectivity index (χ2v) is 11.3. The van der Waals surface area contributed by atoms with Gasteiger partial charge in [0.15, 0.2) is 29.2 Å². The SMILES string of the molecule is CCOC(=O)c1ccc(COc2c(Cl)cc(/C=N/N[C@H](O)COc3ccc([C@@H]4NC(=O)NC(C)=C4C(=O)OC)cc3OCC)cc2OCC)cc1. The Labute approximate surface area is 300 Å². The number of nitrogens with one attached hydrogen (secondary N) is 3. The number of carbonyl (C=O) groups is 3. The third-order valence-corrected chi connectivity index (χ3v) is 7.57. The Morgan fingerprint density at radius 3 is 2.35 bits per heavy atom. The number of esters is 2. The van der Waals surface area contributed by atoms with Gasteiger partial charge in [0.05, 0.1) is 55.3 Å². The van der Waals surface area contributed by atoms with Crippen molar-refractivity contribution in [2.75, 3.05) is 33.5 Å². The van der Waals surface area contributed by atoms with E-state index in [-0.39, 0.29) is 23.8 Å². The zero-order valence-electron chi connectivity index (χ0n) is 28.9. The van der Waals surface area contributed by atoms with Crippen LogP contribution in [0.25, 0.3) is 0 Å². The van der Waals surface area contributed by atoms with Crippen LogP contribution >= 0.6 is 11.6 Å². The van der Waals surface area contributed by atoms with E-state index in [0.29, 0.717) is 65.2 Å². The Balaban J connectivity index is 1.38. The molecule has 2 amide bonds. The highest BCUT2D eigenvalue weighted by Crippen LogP contribution is 2.37. The molecular formula is C36H41ClN4O10. The normalized spacial score (nSPS) is 14.6. The van der Waals surface area contributed by atoms with Crippen LogP contribution in [-0.2, 0) is 20.9 Å². The second-order valence-electron chi connectivity index (χ2n) is 10.9. The number of amides is 2. The molecule has 1 aliphatic rings. The highest BCUT2D eigenvalue weighted by molar-refractivity contribution is 6.32. The first kappa shape index (κ1) is 38.3. The summed E-state index contributed by atoms with van der Waals surface area (Å²) in [6.07, 6.45) is 0.243. The Kier molecular flexibility index (Phi) is 13.9. The largest absolute Gasteiger partial charge is 0.490 e. The summed E-state index contributed by atoms with van der Waals surface area (Å²) in [6, 6.07) is 13.9. The summed E-state index contributed by atoms with van der Waals surface area (Å²) in [4.78, 5) is 36.6. The maximum absolute atomic E-state index is 12.5. The van der Waals surface area contributed by atoms with Gasteiger partial charge >= 0.3 is 18.0 Å². The molecule has 0 saturated heterocycles. The maximum Gasteiger partial charge on any atom is 0.338 e. The zero-order chi connectivity index (χ0) is 36.9. The Bertz CT molecular complexity index is 1760. The van der Waals surface area contributed by atoms with Crippen molar-refractivity contribution in [3.05, 3.63) is 93.1 Å². The van der Waals surface area contributed by atoms with Gasteiger partial charge in [-0.25, -0.2) is 14.4 Å². The van der Waals surface area contributed by atoms with E-state index < -0.39 is 30.2 Å². The Hall–Kier alpha value is -5.47. The Morgan fingerprint density at radius 2 is 1.67 bits per heavy atom. The van der Waals surface area contributed by atoms with Crippen molar-refractivity contribution in [1.82, 2.24) is 16.1 Å². The first-order valence-electron chi connectivity index (χ1n) is 16.2. The van der Waals surface area contributed by atoms with Gasteiger partial charge < -0.3 is 44.2 Å². The molecule has 3 aromatic rings. The topological polar surface area (TPSA) is 175 Å². The lowest BCUT2D eigenvalue weighted by molar-refractivity contribution is -0.136. The molecule has 0 unspecified atom stereocenters. The molecule has 0 bridgehead atoms. The molecule has 0 spiro atoms. The molecule has 0 aliphatic carbocycles. The van der Waals surface area contributed by atoms with E-state index >= 15 is 0 Å². The van der Waals surface area contributed by atoms with Crippen LogP contribution in [0.3, 0.4) is 0 Å². The summed E-state index contributed by atoms with van der Waals surface area (Å²) >= 11 is 6.56. The zero-order valence-corrected chi connectivity index (χ0v) is 29.7. The van der Waals surface area contributed by atoms with Gasteiger partial charge in [-0.3, -0.25) is 5.43 Å². The van der Waals surface area contributed by atoms with Crippen LogP contribution in [0.15, 0.2) is 71.0 Å². The fourth-order valence-electron chi connectivity index (χ4n) is 4.99. The molecule has 0 radical (unpaired) electrons. The number of benzene rings is 3. The predicted octanol–water partition coefficient (Wildman–Crippen LogP) is 5.01. The van der Waals surface area contributed by atoms with E-state index in [2.05, 4.69) is 21.2 Å². The maximum atomic E-state index is 12.5. The summed E-state index contributed by atoms with van der Waals surface area (Å²) in [5, 5.41) is 20.3. The molecule has 4 rings (SSSR count). The Morgan fingerprint density at radius 1 is 0.941 bits per heavy atom. The molecule has 0 fully saturated rings. The molecule has 14 nitrogen and oxygen atoms in total. The lowest BCUT2D eigenvalue weighted by atomic mass is 9.95. The summed E-state index contributed by atoms with van der Waals surface area (Å²) in [5.41, 5.74) is 5.63. The first-order valence-corrected chi connectivity index (χ1v) is 16.5. The van der Waals surface area contributed by atoms with E-state index in [1.54, 1.807) is 75.4 Å². The van der Waals surface area contributed by atoms with Crippen LogP contribution in [-0.4, -0.2) is 69.1 Å². The average molecular weight is 725 g/mol. The number of ether oxygens (including phenoxy) is 6. The second kappa shape index (κ2) is 18.5. The fourth-order valence-corrected chi connectivity index (χ4v) is 5.27. The molecule has 272 valence electrons. The molecule has 2 atom stereocenters. The number of hydrazone groups is 1. The van der Waals surface area contributed by atoms with Crippen LogP contribution in [0.2, 0.25) is 5.02 Å². The summed E-state index contributed by atoms with van der Waals surface area (Å²) in [5.74, 6) is 0.432. The van der Waals surface area contributed by atoms with Crippen LogP contribution in [0.4, 0.5) is 4.79 Å². The van der Waals surface area contributed by atoms with Gasteiger partial charge in [0.25, 0.3) is 0 Å². The molecule has 0 aromatic heterocycles. The number of methoxy groups -OCH3 is 1. The highest BCUT2D eigenvalue weighted by atomic mass is 35.5. The van der Waals surface area contributed by atoms with Crippen molar-refractivity contribution in [2.24, 2.45) is 5.10 Å². The van der Waals surface area contributed by atoms with Crippen molar-refractivity contribution in [3.63, 3.8) is 0 Å². The van der Waals surface area contributed by atoms with E-state index in [0.717, 1.165) is 5.56 Å².